The van der Waals surface area contributed by atoms with Crippen molar-refractivity contribution < 1.29 is 22.7 Å². The number of nitrogens with one attached hydrogen (secondary N) is 1. The first-order valence-corrected chi connectivity index (χ1v) is 6.63. The van der Waals surface area contributed by atoms with Crippen molar-refractivity contribution in [2.24, 2.45) is 0 Å². The fourth-order valence-corrected chi connectivity index (χ4v) is 2.47. The molecule has 2 rings (SSSR count). The standard InChI is InChI=1S/C13H11F3N2O2S/c1-7-10(8-3-5-9(20-2)6-4-8)17-12(21-7)18-11(19)13(14,15)16/h3-6H,1-2H3,(H,17,18,19). The average molecular weight is 316 g/mol. The number of nitrogens with zero attached hydrogens (tertiary/aromatic N) is 1. The Morgan fingerprint density at radius 1 is 1.29 bits per heavy atom. The molecule has 1 N–H and O–H groups in total. The number of amides is 1. The van der Waals surface area contributed by atoms with Crippen LogP contribution in [0.1, 0.15) is 4.88 Å². The molecule has 0 radical (unpaired) electrons. The van der Waals surface area contributed by atoms with Crippen LogP contribution in [0.2, 0.25) is 0 Å². The highest BCUT2D eigenvalue weighted by Gasteiger charge is 2.39. The van der Waals surface area contributed by atoms with Crippen molar-refractivity contribution >= 4 is 22.4 Å². The van der Waals surface area contributed by atoms with E-state index in [1.807, 2.05) is 0 Å². The van der Waals surface area contributed by atoms with Crippen molar-refractivity contribution in [2.45, 2.75) is 13.1 Å². The third kappa shape index (κ3) is 3.52. The van der Waals surface area contributed by atoms with Crippen molar-refractivity contribution in [3.8, 4) is 17.0 Å². The molecular weight excluding hydrogens is 305 g/mol. The van der Waals surface area contributed by atoms with Crippen LogP contribution in [0.25, 0.3) is 11.3 Å². The summed E-state index contributed by atoms with van der Waals surface area (Å²) in [7, 11) is 1.54. The summed E-state index contributed by atoms with van der Waals surface area (Å²) < 4.78 is 41.6. The zero-order chi connectivity index (χ0) is 15.6. The summed E-state index contributed by atoms with van der Waals surface area (Å²) in [4.78, 5) is 15.6. The second kappa shape index (κ2) is 5.72. The van der Waals surface area contributed by atoms with Gasteiger partial charge < -0.3 is 4.74 Å². The molecule has 0 saturated heterocycles. The van der Waals surface area contributed by atoms with Crippen LogP contribution in [-0.2, 0) is 4.79 Å². The first kappa shape index (κ1) is 15.3. The molecule has 112 valence electrons. The summed E-state index contributed by atoms with van der Waals surface area (Å²) in [6.45, 7) is 1.72. The number of thiazole rings is 1. The number of carbonyl (C=O) groups is 1. The Labute approximate surface area is 122 Å². The maximum absolute atomic E-state index is 12.2. The molecule has 0 aliphatic carbocycles. The summed E-state index contributed by atoms with van der Waals surface area (Å²) in [6.07, 6.45) is -4.93. The molecule has 0 aliphatic rings. The molecule has 0 spiro atoms. The highest BCUT2D eigenvalue weighted by Crippen LogP contribution is 2.32. The lowest BCUT2D eigenvalue weighted by Crippen LogP contribution is -2.29. The Kier molecular flexibility index (Phi) is 4.17. The largest absolute Gasteiger partial charge is 0.497 e. The zero-order valence-electron chi connectivity index (χ0n) is 11.1. The van der Waals surface area contributed by atoms with Crippen LogP contribution in [0.15, 0.2) is 24.3 Å². The number of rotatable bonds is 3. The van der Waals surface area contributed by atoms with E-state index < -0.39 is 12.1 Å². The van der Waals surface area contributed by atoms with E-state index >= 15 is 0 Å². The summed E-state index contributed by atoms with van der Waals surface area (Å²) in [5.41, 5.74) is 1.26. The summed E-state index contributed by atoms with van der Waals surface area (Å²) in [5, 5.41) is 1.67. The van der Waals surface area contributed by atoms with E-state index in [1.165, 1.54) is 7.11 Å². The van der Waals surface area contributed by atoms with Crippen LogP contribution >= 0.6 is 11.3 Å². The Bertz CT molecular complexity index is 650. The summed E-state index contributed by atoms with van der Waals surface area (Å²) in [5.74, 6) is -1.37. The van der Waals surface area contributed by atoms with Gasteiger partial charge in [0.15, 0.2) is 5.13 Å². The summed E-state index contributed by atoms with van der Waals surface area (Å²) >= 11 is 0.989. The number of hydrogen-bond acceptors (Lipinski definition) is 4. The molecule has 21 heavy (non-hydrogen) atoms. The Morgan fingerprint density at radius 2 is 1.90 bits per heavy atom. The van der Waals surface area contributed by atoms with E-state index in [9.17, 15) is 18.0 Å². The van der Waals surface area contributed by atoms with Gasteiger partial charge in [0.2, 0.25) is 0 Å². The highest BCUT2D eigenvalue weighted by molar-refractivity contribution is 7.16. The van der Waals surface area contributed by atoms with Crippen LogP contribution in [-0.4, -0.2) is 24.2 Å². The minimum atomic E-state index is -4.93. The quantitative estimate of drug-likeness (QED) is 0.941. The van der Waals surface area contributed by atoms with Crippen LogP contribution < -0.4 is 10.1 Å². The molecule has 4 nitrogen and oxygen atoms in total. The third-order valence-corrected chi connectivity index (χ3v) is 3.52. The van der Waals surface area contributed by atoms with Gasteiger partial charge in [0.1, 0.15) is 5.75 Å². The van der Waals surface area contributed by atoms with Gasteiger partial charge in [0.25, 0.3) is 0 Å². The number of anilines is 1. The molecule has 1 amide bonds. The first-order chi connectivity index (χ1) is 9.81. The number of aromatic nitrogens is 1. The van der Waals surface area contributed by atoms with Crippen LogP contribution in [0.5, 0.6) is 5.75 Å². The van der Waals surface area contributed by atoms with Crippen LogP contribution in [0.4, 0.5) is 18.3 Å². The molecule has 0 atom stereocenters. The molecule has 0 saturated carbocycles. The maximum atomic E-state index is 12.2. The number of carbonyl (C=O) groups excluding carboxylic acids is 1. The lowest BCUT2D eigenvalue weighted by molar-refractivity contribution is -0.167. The van der Waals surface area contributed by atoms with Crippen molar-refractivity contribution in [3.05, 3.63) is 29.1 Å². The highest BCUT2D eigenvalue weighted by atomic mass is 32.1. The van der Waals surface area contributed by atoms with Gasteiger partial charge in [-0.2, -0.15) is 13.2 Å². The van der Waals surface area contributed by atoms with Crippen LogP contribution in [0.3, 0.4) is 0 Å². The van der Waals surface area contributed by atoms with E-state index in [1.54, 1.807) is 36.5 Å². The van der Waals surface area contributed by atoms with E-state index in [2.05, 4.69) is 4.98 Å². The van der Waals surface area contributed by atoms with E-state index in [0.29, 0.717) is 16.3 Å². The van der Waals surface area contributed by atoms with E-state index in [-0.39, 0.29) is 5.13 Å². The number of halogens is 3. The second-order valence-corrected chi connectivity index (χ2v) is 5.31. The van der Waals surface area contributed by atoms with Gasteiger partial charge in [-0.1, -0.05) is 0 Å². The molecule has 1 aromatic heterocycles. The first-order valence-electron chi connectivity index (χ1n) is 5.81. The number of aryl methyl sites for hydroxylation is 1. The van der Waals surface area contributed by atoms with Gasteiger partial charge in [-0.15, -0.1) is 11.3 Å². The zero-order valence-corrected chi connectivity index (χ0v) is 11.9. The number of benzene rings is 1. The van der Waals surface area contributed by atoms with Crippen LogP contribution in [0, 0.1) is 6.92 Å². The second-order valence-electron chi connectivity index (χ2n) is 4.10. The molecular formula is C13H11F3N2O2S. The predicted molar refractivity (Wildman–Crippen MR) is 73.5 cm³/mol. The number of methoxy groups -OCH3 is 1. The monoisotopic (exact) mass is 316 g/mol. The maximum Gasteiger partial charge on any atom is 0.471 e. The lowest BCUT2D eigenvalue weighted by Gasteiger charge is -2.04. The Morgan fingerprint density at radius 3 is 2.43 bits per heavy atom. The molecule has 2 aromatic rings. The molecule has 0 aliphatic heterocycles. The van der Waals surface area contributed by atoms with Gasteiger partial charge in [-0.25, -0.2) is 4.98 Å². The van der Waals surface area contributed by atoms with Gasteiger partial charge in [-0.05, 0) is 31.2 Å². The van der Waals surface area contributed by atoms with Gasteiger partial charge in [0, 0.05) is 10.4 Å². The fraction of sp³-hybridized carbons (Fsp3) is 0.231. The SMILES string of the molecule is COc1ccc(-c2nc(NC(=O)C(F)(F)F)sc2C)cc1. The van der Waals surface area contributed by atoms with Crippen molar-refractivity contribution in [1.82, 2.24) is 4.98 Å². The minimum Gasteiger partial charge on any atom is -0.497 e. The third-order valence-electron chi connectivity index (χ3n) is 2.64. The van der Waals surface area contributed by atoms with Gasteiger partial charge in [-0.3, -0.25) is 10.1 Å². The molecule has 0 fully saturated rings. The topological polar surface area (TPSA) is 51.2 Å². The molecule has 0 unspecified atom stereocenters. The van der Waals surface area contributed by atoms with Crippen molar-refractivity contribution in [3.63, 3.8) is 0 Å². The summed E-state index contributed by atoms with van der Waals surface area (Å²) in [6, 6.07) is 6.94. The predicted octanol–water partition coefficient (Wildman–Crippen LogP) is 3.63. The van der Waals surface area contributed by atoms with E-state index in [4.69, 9.17) is 4.74 Å². The average Bonchev–Trinajstić information content (AvgIpc) is 2.78. The van der Waals surface area contributed by atoms with Crippen molar-refractivity contribution in [1.29, 1.82) is 0 Å². The van der Waals surface area contributed by atoms with Gasteiger partial charge in [0.05, 0.1) is 12.8 Å². The molecule has 1 heterocycles. The fourth-order valence-electron chi connectivity index (χ4n) is 1.63. The Hall–Kier alpha value is -2.09. The molecule has 0 bridgehead atoms. The van der Waals surface area contributed by atoms with E-state index in [0.717, 1.165) is 16.9 Å². The lowest BCUT2D eigenvalue weighted by atomic mass is 10.1. The molecule has 1 aromatic carbocycles. The number of hydrogen-bond donors (Lipinski definition) is 1. The Balaban J connectivity index is 2.24. The van der Waals surface area contributed by atoms with Crippen molar-refractivity contribution in [2.75, 3.05) is 12.4 Å². The smallest absolute Gasteiger partial charge is 0.471 e. The number of alkyl halides is 3. The normalized spacial score (nSPS) is 11.3. The minimum absolute atomic E-state index is 0.0827. The van der Waals surface area contributed by atoms with Gasteiger partial charge >= 0.3 is 12.1 Å². The molecule has 8 heteroatoms. The number of ether oxygens (including phenoxy) is 1.